The van der Waals surface area contributed by atoms with Crippen molar-refractivity contribution in [2.45, 2.75) is 17.5 Å². The van der Waals surface area contributed by atoms with E-state index in [1.807, 2.05) is 0 Å². The lowest BCUT2D eigenvalue weighted by Crippen LogP contribution is -2.41. The van der Waals surface area contributed by atoms with Gasteiger partial charge in [-0.05, 0) is 0 Å². The van der Waals surface area contributed by atoms with E-state index in [1.165, 1.54) is 11.8 Å². The van der Waals surface area contributed by atoms with Crippen LogP contribution in [0.15, 0.2) is 12.2 Å². The average molecular weight is 243 g/mol. The van der Waals surface area contributed by atoms with E-state index in [0.717, 1.165) is 11.5 Å². The van der Waals surface area contributed by atoms with Crippen LogP contribution in [-0.4, -0.2) is 34.7 Å². The van der Waals surface area contributed by atoms with E-state index >= 15 is 0 Å². The molecule has 82 valence electrons. The van der Waals surface area contributed by atoms with Gasteiger partial charge in [-0.15, -0.1) is 0 Å². The summed E-state index contributed by atoms with van der Waals surface area (Å²) in [4.78, 5) is 0. The molecule has 2 unspecified atom stereocenters. The average Bonchev–Trinajstić information content (AvgIpc) is 2.15. The van der Waals surface area contributed by atoms with Gasteiger partial charge in [-0.25, -0.2) is 0 Å². The summed E-state index contributed by atoms with van der Waals surface area (Å²) < 4.78 is 36.8. The van der Waals surface area contributed by atoms with Gasteiger partial charge in [0.05, 0.1) is 0 Å². The molecule has 2 atom stereocenters. The number of nitrogens with two attached hydrogens (primary N) is 1. The summed E-state index contributed by atoms with van der Waals surface area (Å²) in [6.45, 7) is 3.03. The van der Waals surface area contributed by atoms with Crippen LogP contribution in [0.25, 0.3) is 0 Å². The maximum atomic E-state index is 12.3. The zero-order valence-corrected chi connectivity index (χ0v) is 9.14. The van der Waals surface area contributed by atoms with Crippen LogP contribution >= 0.6 is 23.5 Å². The summed E-state index contributed by atoms with van der Waals surface area (Å²) in [5, 5.41) is -0.150. The van der Waals surface area contributed by atoms with Gasteiger partial charge in [-0.2, -0.15) is 36.7 Å². The minimum atomic E-state index is -4.36. The highest BCUT2D eigenvalue weighted by Gasteiger charge is 2.39. The molecule has 1 aliphatic rings. The second kappa shape index (κ2) is 4.81. The number of alkyl halides is 3. The van der Waals surface area contributed by atoms with E-state index in [9.17, 15) is 13.2 Å². The smallest absolute Gasteiger partial charge is 0.323 e. The standard InChI is InChI=1S/C8H12F3NS2/c1-5(8(9,10)11)7(12)6-4-13-2-3-14-6/h6-7H,1-4,12H2. The van der Waals surface area contributed by atoms with Gasteiger partial charge in [0, 0.05) is 34.1 Å². The van der Waals surface area contributed by atoms with E-state index in [4.69, 9.17) is 5.73 Å². The molecule has 0 aliphatic carbocycles. The molecule has 14 heavy (non-hydrogen) atoms. The Bertz CT molecular complexity index is 211. The van der Waals surface area contributed by atoms with Crippen molar-refractivity contribution in [3.8, 4) is 0 Å². The number of hydrogen-bond donors (Lipinski definition) is 1. The van der Waals surface area contributed by atoms with E-state index in [0.29, 0.717) is 5.75 Å². The van der Waals surface area contributed by atoms with Crippen LogP contribution in [0.4, 0.5) is 13.2 Å². The van der Waals surface area contributed by atoms with Crippen LogP contribution in [0.1, 0.15) is 0 Å². The van der Waals surface area contributed by atoms with Gasteiger partial charge in [0.1, 0.15) is 0 Å². The largest absolute Gasteiger partial charge is 0.413 e. The van der Waals surface area contributed by atoms with E-state index in [-0.39, 0.29) is 5.25 Å². The summed E-state index contributed by atoms with van der Waals surface area (Å²) in [5.41, 5.74) is 4.72. The second-order valence-electron chi connectivity index (χ2n) is 3.03. The zero-order chi connectivity index (χ0) is 10.8. The van der Waals surface area contributed by atoms with Crippen LogP contribution in [0.2, 0.25) is 0 Å². The van der Waals surface area contributed by atoms with Crippen molar-refractivity contribution in [1.82, 2.24) is 0 Å². The fourth-order valence-electron chi connectivity index (χ4n) is 1.13. The predicted molar refractivity (Wildman–Crippen MR) is 56.7 cm³/mol. The first-order valence-corrected chi connectivity index (χ1v) is 6.34. The SMILES string of the molecule is C=C(C(N)C1CSCCS1)C(F)(F)F. The molecule has 0 bridgehead atoms. The van der Waals surface area contributed by atoms with Crippen LogP contribution in [0.5, 0.6) is 0 Å². The lowest BCUT2D eigenvalue weighted by atomic mass is 10.1. The molecular weight excluding hydrogens is 231 g/mol. The highest BCUT2D eigenvalue weighted by Crippen LogP contribution is 2.33. The maximum absolute atomic E-state index is 12.3. The lowest BCUT2D eigenvalue weighted by Gasteiger charge is -2.28. The summed E-state index contributed by atoms with van der Waals surface area (Å²) in [6, 6.07) is -0.965. The third-order valence-electron chi connectivity index (χ3n) is 2.01. The molecule has 0 radical (unpaired) electrons. The Balaban J connectivity index is 2.55. The van der Waals surface area contributed by atoms with Crippen molar-refractivity contribution in [3.05, 3.63) is 12.2 Å². The molecule has 1 heterocycles. The summed E-state index contributed by atoms with van der Waals surface area (Å²) in [6.07, 6.45) is -4.36. The molecule has 0 spiro atoms. The molecule has 0 aromatic heterocycles. The molecule has 1 rings (SSSR count). The van der Waals surface area contributed by atoms with Gasteiger partial charge in [-0.3, -0.25) is 0 Å². The van der Waals surface area contributed by atoms with Crippen molar-refractivity contribution in [2.24, 2.45) is 5.73 Å². The topological polar surface area (TPSA) is 26.0 Å². The zero-order valence-electron chi connectivity index (χ0n) is 7.51. The van der Waals surface area contributed by atoms with Crippen LogP contribution in [0, 0.1) is 0 Å². The molecule has 1 nitrogen and oxygen atoms in total. The molecule has 1 aliphatic heterocycles. The quantitative estimate of drug-likeness (QED) is 0.754. The number of rotatable bonds is 2. The predicted octanol–water partition coefficient (Wildman–Crippen LogP) is 2.28. The highest BCUT2D eigenvalue weighted by atomic mass is 32.2. The van der Waals surface area contributed by atoms with Crippen molar-refractivity contribution in [1.29, 1.82) is 0 Å². The fourth-order valence-corrected chi connectivity index (χ4v) is 3.94. The van der Waals surface area contributed by atoms with Gasteiger partial charge in [0.15, 0.2) is 0 Å². The Kier molecular flexibility index (Phi) is 4.21. The molecule has 6 heteroatoms. The third-order valence-corrected chi connectivity index (χ3v) is 4.89. The number of halogens is 3. The van der Waals surface area contributed by atoms with Crippen LogP contribution in [0.3, 0.4) is 0 Å². The Morgan fingerprint density at radius 1 is 1.43 bits per heavy atom. The summed E-state index contributed by atoms with van der Waals surface area (Å²) in [7, 11) is 0. The summed E-state index contributed by atoms with van der Waals surface area (Å²) >= 11 is 3.16. The van der Waals surface area contributed by atoms with Gasteiger partial charge in [-0.1, -0.05) is 6.58 Å². The Morgan fingerprint density at radius 3 is 2.50 bits per heavy atom. The Morgan fingerprint density at radius 2 is 2.07 bits per heavy atom. The van der Waals surface area contributed by atoms with Crippen molar-refractivity contribution >= 4 is 23.5 Å². The van der Waals surface area contributed by atoms with Gasteiger partial charge in [0.25, 0.3) is 0 Å². The Labute approximate surface area is 89.7 Å². The van der Waals surface area contributed by atoms with E-state index < -0.39 is 17.8 Å². The number of thioether (sulfide) groups is 2. The molecule has 0 amide bonds. The van der Waals surface area contributed by atoms with E-state index in [1.54, 1.807) is 11.8 Å². The maximum Gasteiger partial charge on any atom is 0.413 e. The monoisotopic (exact) mass is 243 g/mol. The Hall–Kier alpha value is 0.190. The molecule has 1 fully saturated rings. The lowest BCUT2D eigenvalue weighted by molar-refractivity contribution is -0.0949. The van der Waals surface area contributed by atoms with Gasteiger partial charge >= 0.3 is 6.18 Å². The minimum absolute atomic E-state index is 0.150. The van der Waals surface area contributed by atoms with Crippen molar-refractivity contribution in [3.63, 3.8) is 0 Å². The first-order valence-electron chi connectivity index (χ1n) is 4.14. The van der Waals surface area contributed by atoms with Crippen molar-refractivity contribution in [2.75, 3.05) is 17.3 Å². The molecule has 2 N–H and O–H groups in total. The number of hydrogen-bond acceptors (Lipinski definition) is 3. The molecule has 0 aromatic carbocycles. The highest BCUT2D eigenvalue weighted by molar-refractivity contribution is 8.06. The summed E-state index contributed by atoms with van der Waals surface area (Å²) in [5.74, 6) is 2.54. The third kappa shape index (κ3) is 3.10. The fraction of sp³-hybridized carbons (Fsp3) is 0.750. The van der Waals surface area contributed by atoms with E-state index in [2.05, 4.69) is 6.58 Å². The van der Waals surface area contributed by atoms with Gasteiger partial charge < -0.3 is 5.73 Å². The minimum Gasteiger partial charge on any atom is -0.323 e. The molecule has 0 aromatic rings. The normalized spacial score (nSPS) is 25.9. The first kappa shape index (κ1) is 12.3. The van der Waals surface area contributed by atoms with Crippen molar-refractivity contribution < 1.29 is 13.2 Å². The molecule has 0 saturated carbocycles. The second-order valence-corrected chi connectivity index (χ2v) is 5.53. The first-order chi connectivity index (χ1) is 6.43. The molecule has 1 saturated heterocycles. The van der Waals surface area contributed by atoms with Crippen LogP contribution in [-0.2, 0) is 0 Å². The van der Waals surface area contributed by atoms with Crippen LogP contribution < -0.4 is 5.73 Å². The van der Waals surface area contributed by atoms with Gasteiger partial charge in [0.2, 0.25) is 0 Å². The molecular formula is C8H12F3NS2.